The number of para-hydroxylation sites is 5. The Morgan fingerprint density at radius 3 is 1.32 bits per heavy atom. The molecule has 22 nitrogen and oxygen atoms in total. The fourth-order valence-electron chi connectivity index (χ4n) is 8.84. The molecule has 0 saturated heterocycles. The normalized spacial score (nSPS) is 10.2. The molecule has 0 spiro atoms. The van der Waals surface area contributed by atoms with Gasteiger partial charge in [0.25, 0.3) is 17.7 Å². The van der Waals surface area contributed by atoms with Crippen molar-refractivity contribution < 1.29 is 117 Å². The molecule has 2 radical (unpaired) electrons. The Hall–Kier alpha value is -9.68. The fraction of sp³-hybridized carbons (Fsp3) is 0.220. The number of hydrogen-bond acceptors (Lipinski definition) is 11. The van der Waals surface area contributed by atoms with E-state index in [1.165, 1.54) is 43.9 Å². The number of amides is 7. The van der Waals surface area contributed by atoms with Crippen molar-refractivity contribution in [3.63, 3.8) is 0 Å². The Labute approximate surface area is 696 Å². The fourth-order valence-corrected chi connectivity index (χ4v) is 8.84. The summed E-state index contributed by atoms with van der Waals surface area (Å²) in [4.78, 5) is 95.3. The van der Waals surface area contributed by atoms with E-state index in [0.29, 0.717) is 35.0 Å². The molecule has 552 valence electrons. The quantitative estimate of drug-likeness (QED) is 0.0639. The van der Waals surface area contributed by atoms with E-state index >= 15 is 0 Å². The number of aryl methyl sites for hydroxylation is 1. The topological polar surface area (TPSA) is 286 Å². The molecule has 1 fully saturated rings. The largest absolute Gasteiger partial charge is 0.662 e. The molecule has 7 N–H and O–H groups in total. The number of aromatic amines is 1. The molecule has 24 heteroatoms. The first-order chi connectivity index (χ1) is 50.4. The molecule has 12 rings (SSSR count). The van der Waals surface area contributed by atoms with Crippen molar-refractivity contribution >= 4 is 81.1 Å². The van der Waals surface area contributed by atoms with Crippen LogP contribution in [0.1, 0.15) is 83.4 Å². The summed E-state index contributed by atoms with van der Waals surface area (Å²) in [6, 6.07) is 80.8. The molecule has 1 aliphatic rings. The van der Waals surface area contributed by atoms with Crippen LogP contribution < -0.4 is 47.4 Å². The Morgan fingerprint density at radius 2 is 0.943 bits per heavy atom. The van der Waals surface area contributed by atoms with Gasteiger partial charge in [-0.25, -0.2) is 19.6 Å². The number of anilines is 5. The van der Waals surface area contributed by atoms with Gasteiger partial charge in [-0.15, -0.1) is 6.04 Å². The first-order valence-corrected chi connectivity index (χ1v) is 33.7. The number of fused-ring (bicyclic) bond motifs is 1. The van der Waals surface area contributed by atoms with Gasteiger partial charge in [0.15, 0.2) is 0 Å². The number of carbonyl (C=O) groups is 6. The number of rotatable bonds is 11. The number of aromatic nitrogens is 5. The van der Waals surface area contributed by atoms with Gasteiger partial charge < -0.3 is 57.4 Å². The molecule has 0 aliphatic heterocycles. The molecule has 106 heavy (non-hydrogen) atoms. The Morgan fingerprint density at radius 1 is 0.500 bits per heavy atom. The van der Waals surface area contributed by atoms with Crippen LogP contribution in [0.5, 0.6) is 0 Å². The smallest absolute Gasteiger partial charge is 0.326 e. The van der Waals surface area contributed by atoms with E-state index in [1.54, 1.807) is 108 Å². The van der Waals surface area contributed by atoms with Crippen LogP contribution in [0.4, 0.5) is 39.3 Å². The standard InChI is InChI=1S/C14H13NO.C13H12N2O.C8H8N2O.C8H10N2O.2C8H9NO.C7H14N.C6H8N2.C6H7N2.C4H9NO.2Ac/c1-15(13-10-6-3-7-11-13)14(16)12-8-4-2-5-9-12;1-15(12-9-5-6-10-14-12)13(16)11-7-3-2-4-8-11;1-10-7-5-3-2-4-6(7)9-8(10)11;1-9-8(11)10-7-5-3-2-4-6-7;1-9-8(10)7-5-3-2-4-6-7;1-7(10)9-8-5-3-2-4-6-8;1-8-7-5-3-2-4-6-7;2*1-7-6-4-2-3-5-8-6;1-3-4(6)5-2;;/h2-11H,1H3;2-10H,1H3;2-5H,1H3,(H,9,11);2-6H,1H3,(H2,9,10,11);2*2-6H,1H3,(H,9,10);7H,2-6H2,1H3;2-5H,1H3,(H,7,8);2-5H,1H3;3H2,1-2H3,(H,5,6);;/q;;;;;;-1;;-1;;;. The number of nitrogens with one attached hydrogen (secondary N) is 7. The number of urea groups is 1. The van der Waals surface area contributed by atoms with Gasteiger partial charge in [-0.3, -0.25) is 33.4 Å². The van der Waals surface area contributed by atoms with Crippen LogP contribution in [0.25, 0.3) is 21.7 Å². The molecule has 0 atom stereocenters. The zero-order valence-corrected chi connectivity index (χ0v) is 72.0. The van der Waals surface area contributed by atoms with Gasteiger partial charge in [0, 0.05) is 197 Å². The number of nitrogens with zero attached hydrogens (tertiary/aromatic N) is 8. The Balaban J connectivity index is 0.000000595. The molecular weight excluding hydrogens is 1760 g/mol. The average molecular weight is 1860 g/mol. The second kappa shape index (κ2) is 58.6. The van der Waals surface area contributed by atoms with Gasteiger partial charge in [0.1, 0.15) is 11.6 Å². The van der Waals surface area contributed by atoms with E-state index in [-0.39, 0.29) is 129 Å². The van der Waals surface area contributed by atoms with E-state index in [9.17, 15) is 33.6 Å². The average Bonchev–Trinajstić information content (AvgIpc) is 1.67. The number of pyridine rings is 3. The first kappa shape index (κ1) is 94.3. The van der Waals surface area contributed by atoms with Crippen LogP contribution in [-0.2, 0) is 16.6 Å². The van der Waals surface area contributed by atoms with Crippen molar-refractivity contribution in [1.82, 2.24) is 40.5 Å². The van der Waals surface area contributed by atoms with Crippen LogP contribution >= 0.6 is 0 Å². The maximum Gasteiger partial charge on any atom is 0.326 e. The summed E-state index contributed by atoms with van der Waals surface area (Å²) >= 11 is 0. The van der Waals surface area contributed by atoms with E-state index < -0.39 is 0 Å². The molecule has 0 bridgehead atoms. The number of hydrogen-bond donors (Lipinski definition) is 7. The first-order valence-electron chi connectivity index (χ1n) is 33.7. The molecule has 7 aromatic carbocycles. The third-order valence-electron chi connectivity index (χ3n) is 14.6. The maximum absolute atomic E-state index is 12.1. The SMILES string of the molecule is CC(=O)Nc1ccccc1.CCC(=O)NC.CN(C(=O)c1ccccc1)c1ccccc1.CN(C(=O)c1ccccc1)c1ccccn1.CNC(=O)Nc1ccccc1.CNC(=O)c1ccccc1.CNc1ccccn1.C[N-]C1CCCCC1.C[N-]c1ccccn1.Cn1c(=O)[nH]c2ccccc21.[Ac].[Ac]. The van der Waals surface area contributed by atoms with E-state index in [0.717, 1.165) is 39.7 Å². The molecule has 11 aromatic rings. The van der Waals surface area contributed by atoms with Gasteiger partial charge in [0.05, 0.1) is 11.0 Å². The van der Waals surface area contributed by atoms with Crippen LogP contribution in [0.3, 0.4) is 0 Å². The number of carbonyl (C=O) groups excluding carboxylic acids is 6. The summed E-state index contributed by atoms with van der Waals surface area (Å²) in [6.45, 7) is 3.31. The Kier molecular flexibility index (Phi) is 52.1. The van der Waals surface area contributed by atoms with Gasteiger partial charge in [-0.05, 0) is 109 Å². The van der Waals surface area contributed by atoms with Crippen LogP contribution in [0, 0.1) is 88.1 Å². The molecule has 4 heterocycles. The maximum atomic E-state index is 12.1. The van der Waals surface area contributed by atoms with Crippen molar-refractivity contribution in [2.24, 2.45) is 7.05 Å². The van der Waals surface area contributed by atoms with Crippen LogP contribution in [0.2, 0.25) is 0 Å². The third-order valence-corrected chi connectivity index (χ3v) is 14.6. The predicted molar refractivity (Wildman–Crippen MR) is 425 cm³/mol. The van der Waals surface area contributed by atoms with Crippen molar-refractivity contribution in [3.8, 4) is 0 Å². The minimum Gasteiger partial charge on any atom is -0.662 e. The van der Waals surface area contributed by atoms with E-state index in [4.69, 9.17) is 0 Å². The van der Waals surface area contributed by atoms with E-state index in [1.807, 2.05) is 252 Å². The zero-order chi connectivity index (χ0) is 76.0. The second-order valence-corrected chi connectivity index (χ2v) is 22.0. The summed E-state index contributed by atoms with van der Waals surface area (Å²) in [5.41, 5.74) is 6.37. The number of benzene rings is 7. The molecule has 4 aromatic heterocycles. The molecule has 1 aliphatic carbocycles. The molecule has 0 unspecified atom stereocenters. The Bertz CT molecular complexity index is 4020. The molecule has 1 saturated carbocycles. The van der Waals surface area contributed by atoms with E-state index in [2.05, 4.69) is 62.5 Å². The van der Waals surface area contributed by atoms with Crippen LogP contribution in [-0.4, -0.2) is 122 Å². The van der Waals surface area contributed by atoms with Gasteiger partial charge >= 0.3 is 11.7 Å². The minimum atomic E-state index is -0.198. The summed E-state index contributed by atoms with van der Waals surface area (Å²) < 4.78 is 1.59. The van der Waals surface area contributed by atoms with Crippen molar-refractivity contribution in [3.05, 3.63) is 317 Å². The molecular formula is C82H99Ac2N15O7-2. The number of H-pyrrole nitrogens is 1. The van der Waals surface area contributed by atoms with Crippen molar-refractivity contribution in [2.75, 3.05) is 82.1 Å². The third kappa shape index (κ3) is 40.0. The second-order valence-electron chi connectivity index (χ2n) is 22.0. The zero-order valence-electron chi connectivity index (χ0n) is 62.5. The van der Waals surface area contributed by atoms with Crippen LogP contribution in [0.15, 0.2) is 284 Å². The summed E-state index contributed by atoms with van der Waals surface area (Å²) in [7, 11) is 15.6. The van der Waals surface area contributed by atoms with Gasteiger partial charge in [-0.1, -0.05) is 210 Å². The summed E-state index contributed by atoms with van der Waals surface area (Å²) in [5, 5.41) is 23.8. The minimum absolute atomic E-state index is 0. The van der Waals surface area contributed by atoms with Crippen molar-refractivity contribution in [1.29, 1.82) is 0 Å². The summed E-state index contributed by atoms with van der Waals surface area (Å²) in [6.07, 6.45) is 12.7. The number of imidazole rings is 1. The van der Waals surface area contributed by atoms with Gasteiger partial charge in [0.2, 0.25) is 11.8 Å². The summed E-state index contributed by atoms with van der Waals surface area (Å²) in [5.74, 6) is 2.31. The monoisotopic (exact) mass is 1860 g/mol. The van der Waals surface area contributed by atoms with Gasteiger partial charge in [-0.2, -0.15) is 7.05 Å². The predicted octanol–water partition coefficient (Wildman–Crippen LogP) is 15.6. The van der Waals surface area contributed by atoms with Crippen molar-refractivity contribution in [2.45, 2.75) is 58.4 Å². The molecule has 7 amide bonds.